The molecular weight excluding hydrogens is 176 g/mol. The van der Waals surface area contributed by atoms with Crippen LogP contribution in [0.4, 0.5) is 5.82 Å². The zero-order valence-corrected chi connectivity index (χ0v) is 8.23. The van der Waals surface area contributed by atoms with Crippen molar-refractivity contribution in [2.75, 3.05) is 12.4 Å². The first-order valence-electron chi connectivity index (χ1n) is 4.44. The summed E-state index contributed by atoms with van der Waals surface area (Å²) >= 11 is 0. The van der Waals surface area contributed by atoms with Crippen molar-refractivity contribution < 1.29 is 0 Å². The Balaban J connectivity index is 2.46. The molecule has 0 amide bonds. The predicted molar refractivity (Wildman–Crippen MR) is 56.0 cm³/mol. The molecule has 0 bridgehead atoms. The second-order valence-electron chi connectivity index (χ2n) is 3.00. The van der Waals surface area contributed by atoms with Crippen molar-refractivity contribution in [1.29, 1.82) is 0 Å². The van der Waals surface area contributed by atoms with Crippen molar-refractivity contribution in [3.8, 4) is 11.4 Å². The smallest absolute Gasteiger partial charge is 0.148 e. The van der Waals surface area contributed by atoms with Crippen LogP contribution in [0.2, 0.25) is 0 Å². The summed E-state index contributed by atoms with van der Waals surface area (Å²) in [6.07, 6.45) is 1.78. The second kappa shape index (κ2) is 3.49. The summed E-state index contributed by atoms with van der Waals surface area (Å²) in [6, 6.07) is 7.81. The third kappa shape index (κ3) is 1.46. The van der Waals surface area contributed by atoms with Gasteiger partial charge in [0.05, 0.1) is 11.4 Å². The Labute approximate surface area is 82.6 Å². The number of aryl methyl sites for hydroxylation is 1. The van der Waals surface area contributed by atoms with Gasteiger partial charge in [-0.2, -0.15) is 5.10 Å². The van der Waals surface area contributed by atoms with Gasteiger partial charge in [0.1, 0.15) is 5.82 Å². The highest BCUT2D eigenvalue weighted by Crippen LogP contribution is 2.18. The summed E-state index contributed by atoms with van der Waals surface area (Å²) in [6.45, 7) is 0. The summed E-state index contributed by atoms with van der Waals surface area (Å²) in [5, 5.41) is 7.27. The van der Waals surface area contributed by atoms with Crippen LogP contribution >= 0.6 is 0 Å². The van der Waals surface area contributed by atoms with Gasteiger partial charge < -0.3 is 5.32 Å². The van der Waals surface area contributed by atoms with Crippen LogP contribution in [0, 0.1) is 0 Å². The highest BCUT2D eigenvalue weighted by atomic mass is 15.3. The van der Waals surface area contributed by atoms with Gasteiger partial charge in [0.2, 0.25) is 0 Å². The van der Waals surface area contributed by atoms with Gasteiger partial charge in [-0.3, -0.25) is 9.67 Å². The molecule has 0 aliphatic carbocycles. The molecule has 72 valence electrons. The largest absolute Gasteiger partial charge is 0.372 e. The fourth-order valence-corrected chi connectivity index (χ4v) is 1.34. The summed E-state index contributed by atoms with van der Waals surface area (Å²) in [7, 11) is 3.76. The molecule has 0 aliphatic heterocycles. The van der Waals surface area contributed by atoms with Gasteiger partial charge in [0.15, 0.2) is 0 Å². The maximum Gasteiger partial charge on any atom is 0.148 e. The topological polar surface area (TPSA) is 42.7 Å². The van der Waals surface area contributed by atoms with Gasteiger partial charge in [-0.25, -0.2) is 0 Å². The lowest BCUT2D eigenvalue weighted by molar-refractivity contribution is 0.776. The molecule has 2 rings (SSSR count). The maximum absolute atomic E-state index is 4.27. The molecule has 4 heteroatoms. The molecule has 14 heavy (non-hydrogen) atoms. The van der Waals surface area contributed by atoms with E-state index in [2.05, 4.69) is 15.4 Å². The highest BCUT2D eigenvalue weighted by molar-refractivity contribution is 5.59. The van der Waals surface area contributed by atoms with Crippen molar-refractivity contribution in [3.63, 3.8) is 0 Å². The number of nitrogens with zero attached hydrogens (tertiary/aromatic N) is 3. The van der Waals surface area contributed by atoms with Crippen LogP contribution in [0.5, 0.6) is 0 Å². The molecule has 0 saturated carbocycles. The first kappa shape index (κ1) is 8.74. The molecule has 2 aromatic rings. The van der Waals surface area contributed by atoms with E-state index in [0.29, 0.717) is 0 Å². The third-order valence-electron chi connectivity index (χ3n) is 2.06. The van der Waals surface area contributed by atoms with Crippen molar-refractivity contribution in [2.45, 2.75) is 0 Å². The number of anilines is 1. The Hall–Kier alpha value is -1.84. The van der Waals surface area contributed by atoms with E-state index < -0.39 is 0 Å². The van der Waals surface area contributed by atoms with Crippen LogP contribution in [-0.2, 0) is 7.05 Å². The molecule has 0 saturated heterocycles. The highest BCUT2D eigenvalue weighted by Gasteiger charge is 2.06. The van der Waals surface area contributed by atoms with E-state index in [0.717, 1.165) is 17.2 Å². The van der Waals surface area contributed by atoms with Gasteiger partial charge in [-0.15, -0.1) is 0 Å². The minimum absolute atomic E-state index is 0.855. The summed E-state index contributed by atoms with van der Waals surface area (Å²) in [5.74, 6) is 0.855. The summed E-state index contributed by atoms with van der Waals surface area (Å²) < 4.78 is 1.81. The molecule has 0 radical (unpaired) electrons. The van der Waals surface area contributed by atoms with Gasteiger partial charge in [0.25, 0.3) is 0 Å². The van der Waals surface area contributed by atoms with Crippen LogP contribution in [0.25, 0.3) is 11.4 Å². The number of hydrogen-bond acceptors (Lipinski definition) is 3. The molecular formula is C10H12N4. The van der Waals surface area contributed by atoms with Crippen molar-refractivity contribution in [3.05, 3.63) is 30.5 Å². The molecule has 0 spiro atoms. The Bertz CT molecular complexity index is 419. The van der Waals surface area contributed by atoms with E-state index in [-0.39, 0.29) is 0 Å². The maximum atomic E-state index is 4.27. The Kier molecular flexibility index (Phi) is 2.18. The summed E-state index contributed by atoms with van der Waals surface area (Å²) in [5.41, 5.74) is 1.94. The molecule has 2 heterocycles. The van der Waals surface area contributed by atoms with Crippen LogP contribution in [-0.4, -0.2) is 21.8 Å². The van der Waals surface area contributed by atoms with Gasteiger partial charge in [-0.05, 0) is 12.1 Å². The lowest BCUT2D eigenvalue weighted by Crippen LogP contribution is -1.95. The van der Waals surface area contributed by atoms with Crippen LogP contribution in [0.3, 0.4) is 0 Å². The third-order valence-corrected chi connectivity index (χ3v) is 2.06. The average Bonchev–Trinajstić information content (AvgIpc) is 2.61. The van der Waals surface area contributed by atoms with E-state index >= 15 is 0 Å². The molecule has 2 aromatic heterocycles. The van der Waals surface area contributed by atoms with E-state index in [1.165, 1.54) is 0 Å². The Morgan fingerprint density at radius 1 is 1.36 bits per heavy atom. The molecule has 1 N–H and O–H groups in total. The molecule has 0 atom stereocenters. The van der Waals surface area contributed by atoms with E-state index in [1.54, 1.807) is 6.20 Å². The normalized spacial score (nSPS) is 10.1. The standard InChI is InChI=1S/C10H12N4/c1-11-10-7-9(14(2)13-10)8-5-3-4-6-12-8/h3-7H,1-2H3,(H,11,13). The van der Waals surface area contributed by atoms with Crippen molar-refractivity contribution in [2.24, 2.45) is 7.05 Å². The zero-order valence-electron chi connectivity index (χ0n) is 8.23. The van der Waals surface area contributed by atoms with Gasteiger partial charge in [-0.1, -0.05) is 6.07 Å². The quantitative estimate of drug-likeness (QED) is 0.777. The van der Waals surface area contributed by atoms with Crippen molar-refractivity contribution >= 4 is 5.82 Å². The monoisotopic (exact) mass is 188 g/mol. The molecule has 4 nitrogen and oxygen atoms in total. The first-order valence-corrected chi connectivity index (χ1v) is 4.44. The average molecular weight is 188 g/mol. The van der Waals surface area contributed by atoms with Gasteiger partial charge in [0, 0.05) is 26.4 Å². The van der Waals surface area contributed by atoms with E-state index in [4.69, 9.17) is 0 Å². The number of rotatable bonds is 2. The second-order valence-corrected chi connectivity index (χ2v) is 3.00. The molecule has 0 aromatic carbocycles. The molecule has 0 fully saturated rings. The number of aromatic nitrogens is 3. The number of nitrogens with one attached hydrogen (secondary N) is 1. The zero-order chi connectivity index (χ0) is 9.97. The Morgan fingerprint density at radius 2 is 2.21 bits per heavy atom. The molecule has 0 aliphatic rings. The van der Waals surface area contributed by atoms with Crippen LogP contribution in [0.1, 0.15) is 0 Å². The molecule has 0 unspecified atom stereocenters. The minimum atomic E-state index is 0.855. The lowest BCUT2D eigenvalue weighted by Gasteiger charge is -1.98. The number of hydrogen-bond donors (Lipinski definition) is 1. The first-order chi connectivity index (χ1) is 6.81. The predicted octanol–water partition coefficient (Wildman–Crippen LogP) is 1.52. The number of pyridine rings is 1. The van der Waals surface area contributed by atoms with Crippen molar-refractivity contribution in [1.82, 2.24) is 14.8 Å². The SMILES string of the molecule is CNc1cc(-c2ccccn2)n(C)n1. The van der Waals surface area contributed by atoms with E-state index in [1.807, 2.05) is 43.0 Å². The summed E-state index contributed by atoms with van der Waals surface area (Å²) in [4.78, 5) is 4.27. The van der Waals surface area contributed by atoms with Crippen LogP contribution < -0.4 is 5.32 Å². The lowest BCUT2D eigenvalue weighted by atomic mass is 10.3. The fraction of sp³-hybridized carbons (Fsp3) is 0.200. The van der Waals surface area contributed by atoms with Gasteiger partial charge >= 0.3 is 0 Å². The fourth-order valence-electron chi connectivity index (χ4n) is 1.34. The Morgan fingerprint density at radius 3 is 2.79 bits per heavy atom. The van der Waals surface area contributed by atoms with Crippen LogP contribution in [0.15, 0.2) is 30.5 Å². The van der Waals surface area contributed by atoms with E-state index in [9.17, 15) is 0 Å². The minimum Gasteiger partial charge on any atom is -0.372 e.